The monoisotopic (exact) mass is 308 g/mol. The quantitative estimate of drug-likeness (QED) is 0.909. The molecule has 0 atom stereocenters. The Morgan fingerprint density at radius 3 is 2.43 bits per heavy atom. The first-order valence-electron chi connectivity index (χ1n) is 7.53. The minimum atomic E-state index is -0.820. The Labute approximate surface area is 130 Å². The lowest BCUT2D eigenvalue weighted by Gasteiger charge is -2.50. The largest absolute Gasteiger partial charge is 0.340 e. The van der Waals surface area contributed by atoms with Gasteiger partial charge in [-0.15, -0.1) is 0 Å². The molecule has 116 valence electrons. The van der Waals surface area contributed by atoms with Crippen molar-refractivity contribution in [3.8, 4) is 0 Å². The lowest BCUT2D eigenvalue weighted by atomic mass is 9.82. The molecule has 0 aliphatic carbocycles. The lowest BCUT2D eigenvalue weighted by molar-refractivity contribution is -0.162. The molecule has 2 heterocycles. The summed E-state index contributed by atoms with van der Waals surface area (Å²) >= 11 is 1.66. The van der Waals surface area contributed by atoms with Gasteiger partial charge in [-0.3, -0.25) is 9.59 Å². The van der Waals surface area contributed by atoms with Crippen molar-refractivity contribution < 1.29 is 9.59 Å². The van der Waals surface area contributed by atoms with Crippen molar-refractivity contribution in [1.29, 1.82) is 0 Å². The average Bonchev–Trinajstić information content (AvgIpc) is 2.94. The first-order valence-corrected chi connectivity index (χ1v) is 8.47. The van der Waals surface area contributed by atoms with Crippen LogP contribution in [0, 0.1) is 0 Å². The van der Waals surface area contributed by atoms with Gasteiger partial charge in [0.05, 0.1) is 0 Å². The molecule has 1 fully saturated rings. The van der Waals surface area contributed by atoms with E-state index in [0.29, 0.717) is 19.4 Å². The predicted octanol–water partition coefficient (Wildman–Crippen LogP) is 2.59. The molecule has 1 aromatic heterocycles. The third kappa shape index (κ3) is 2.71. The molecule has 1 aromatic rings. The van der Waals surface area contributed by atoms with Crippen molar-refractivity contribution in [3.05, 3.63) is 22.4 Å². The van der Waals surface area contributed by atoms with Crippen LogP contribution in [0.25, 0.3) is 0 Å². The van der Waals surface area contributed by atoms with Gasteiger partial charge in [0, 0.05) is 6.54 Å². The van der Waals surface area contributed by atoms with Crippen molar-refractivity contribution in [3.63, 3.8) is 0 Å². The van der Waals surface area contributed by atoms with Crippen LogP contribution in [0.4, 0.5) is 0 Å². The van der Waals surface area contributed by atoms with E-state index in [0.717, 1.165) is 6.42 Å². The first-order chi connectivity index (χ1) is 9.87. The molecule has 21 heavy (non-hydrogen) atoms. The molecule has 0 unspecified atom stereocenters. The zero-order valence-electron chi connectivity index (χ0n) is 13.2. The number of hydrogen-bond donors (Lipinski definition) is 1. The van der Waals surface area contributed by atoms with Crippen LogP contribution in [0.2, 0.25) is 0 Å². The van der Waals surface area contributed by atoms with Crippen LogP contribution in [-0.4, -0.2) is 34.3 Å². The van der Waals surface area contributed by atoms with Gasteiger partial charge < -0.3 is 10.2 Å². The minimum Gasteiger partial charge on any atom is -0.340 e. The fraction of sp³-hybridized carbons (Fsp3) is 0.625. The van der Waals surface area contributed by atoms with Crippen LogP contribution in [0.1, 0.15) is 46.1 Å². The summed E-state index contributed by atoms with van der Waals surface area (Å²) in [4.78, 5) is 27.2. The normalized spacial score (nSPS) is 20.5. The number of carbonyl (C=O) groups is 2. The number of rotatable bonds is 5. The Morgan fingerprint density at radius 1 is 1.24 bits per heavy atom. The van der Waals surface area contributed by atoms with Crippen LogP contribution in [0.15, 0.2) is 16.8 Å². The fourth-order valence-corrected chi connectivity index (χ4v) is 3.76. The molecule has 4 nitrogen and oxygen atoms in total. The van der Waals surface area contributed by atoms with Gasteiger partial charge in [0.25, 0.3) is 0 Å². The zero-order chi connectivity index (χ0) is 15.7. The zero-order valence-corrected chi connectivity index (χ0v) is 14.0. The average molecular weight is 308 g/mol. The van der Waals surface area contributed by atoms with E-state index in [9.17, 15) is 9.59 Å². The van der Waals surface area contributed by atoms with Crippen molar-refractivity contribution in [2.45, 2.75) is 58.0 Å². The number of piperazine rings is 1. The third-order valence-corrected chi connectivity index (χ3v) is 5.25. The maximum Gasteiger partial charge on any atom is 0.248 e. The molecule has 1 saturated heterocycles. The summed E-state index contributed by atoms with van der Waals surface area (Å²) in [5.74, 6) is -0.0107. The number of amides is 2. The van der Waals surface area contributed by atoms with Gasteiger partial charge in [-0.05, 0) is 55.5 Å². The van der Waals surface area contributed by atoms with Crippen molar-refractivity contribution >= 4 is 23.2 Å². The molecule has 1 aliphatic rings. The van der Waals surface area contributed by atoms with Crippen LogP contribution >= 0.6 is 11.3 Å². The van der Waals surface area contributed by atoms with Crippen LogP contribution in [0.3, 0.4) is 0 Å². The van der Waals surface area contributed by atoms with Gasteiger partial charge in [0.1, 0.15) is 11.1 Å². The molecule has 1 aliphatic heterocycles. The summed E-state index contributed by atoms with van der Waals surface area (Å²) in [5.41, 5.74) is -0.306. The SMILES string of the molecule is CCC1(CC)C(=O)NC(C)(C)C(=O)N1CCc1ccsc1. The van der Waals surface area contributed by atoms with E-state index in [4.69, 9.17) is 0 Å². The molecular weight excluding hydrogens is 284 g/mol. The molecule has 5 heteroatoms. The van der Waals surface area contributed by atoms with E-state index >= 15 is 0 Å². The van der Waals surface area contributed by atoms with E-state index in [1.807, 2.05) is 24.1 Å². The Morgan fingerprint density at radius 2 is 1.90 bits per heavy atom. The van der Waals surface area contributed by atoms with E-state index in [1.165, 1.54) is 5.56 Å². The van der Waals surface area contributed by atoms with Gasteiger partial charge >= 0.3 is 0 Å². The summed E-state index contributed by atoms with van der Waals surface area (Å²) in [5, 5.41) is 7.03. The number of nitrogens with zero attached hydrogens (tertiary/aromatic N) is 1. The van der Waals surface area contributed by atoms with E-state index in [-0.39, 0.29) is 11.8 Å². The van der Waals surface area contributed by atoms with E-state index < -0.39 is 11.1 Å². The van der Waals surface area contributed by atoms with Crippen molar-refractivity contribution in [1.82, 2.24) is 10.2 Å². The Kier molecular flexibility index (Phi) is 4.42. The van der Waals surface area contributed by atoms with Gasteiger partial charge in [-0.1, -0.05) is 13.8 Å². The highest BCUT2D eigenvalue weighted by Gasteiger charge is 2.53. The van der Waals surface area contributed by atoms with Gasteiger partial charge in [0.2, 0.25) is 11.8 Å². The Bertz CT molecular complexity index is 518. The molecule has 0 bridgehead atoms. The summed E-state index contributed by atoms with van der Waals surface area (Å²) in [6.45, 7) is 8.10. The summed E-state index contributed by atoms with van der Waals surface area (Å²) in [7, 11) is 0. The molecule has 0 radical (unpaired) electrons. The summed E-state index contributed by atoms with van der Waals surface area (Å²) in [6, 6.07) is 2.07. The van der Waals surface area contributed by atoms with E-state index in [2.05, 4.69) is 16.8 Å². The van der Waals surface area contributed by atoms with Crippen LogP contribution < -0.4 is 5.32 Å². The van der Waals surface area contributed by atoms with Crippen LogP contribution in [-0.2, 0) is 16.0 Å². The maximum atomic E-state index is 12.8. The Balaban J connectivity index is 2.29. The minimum absolute atomic E-state index is 0.0148. The van der Waals surface area contributed by atoms with Crippen molar-refractivity contribution in [2.24, 2.45) is 0 Å². The molecule has 2 rings (SSSR count). The predicted molar refractivity (Wildman–Crippen MR) is 85.3 cm³/mol. The number of nitrogens with one attached hydrogen (secondary N) is 1. The maximum absolute atomic E-state index is 12.8. The molecule has 0 spiro atoms. The third-order valence-electron chi connectivity index (χ3n) is 4.52. The first kappa shape index (κ1) is 16.0. The van der Waals surface area contributed by atoms with Crippen LogP contribution in [0.5, 0.6) is 0 Å². The van der Waals surface area contributed by atoms with Gasteiger partial charge in [0.15, 0.2) is 0 Å². The van der Waals surface area contributed by atoms with Gasteiger partial charge in [-0.25, -0.2) is 0 Å². The molecule has 2 amide bonds. The smallest absolute Gasteiger partial charge is 0.248 e. The second kappa shape index (κ2) is 5.79. The fourth-order valence-electron chi connectivity index (χ4n) is 3.05. The number of thiophene rings is 1. The topological polar surface area (TPSA) is 49.4 Å². The molecule has 0 saturated carbocycles. The lowest BCUT2D eigenvalue weighted by Crippen LogP contribution is -2.74. The molecular formula is C16H24N2O2S. The second-order valence-corrected chi connectivity index (χ2v) is 6.94. The Hall–Kier alpha value is -1.36. The highest BCUT2D eigenvalue weighted by molar-refractivity contribution is 7.07. The highest BCUT2D eigenvalue weighted by Crippen LogP contribution is 2.32. The summed E-state index contributed by atoms with van der Waals surface area (Å²) < 4.78 is 0. The number of hydrogen-bond acceptors (Lipinski definition) is 3. The van der Waals surface area contributed by atoms with Crippen molar-refractivity contribution in [2.75, 3.05) is 6.54 Å². The number of carbonyl (C=O) groups excluding carboxylic acids is 2. The standard InChI is InChI=1S/C16H24N2O2S/c1-5-16(6-2)13(19)17-15(3,4)14(20)18(16)9-7-12-8-10-21-11-12/h8,10-11H,5-7,9H2,1-4H3,(H,17,19). The second-order valence-electron chi connectivity index (χ2n) is 6.16. The van der Waals surface area contributed by atoms with E-state index in [1.54, 1.807) is 25.2 Å². The molecule has 1 N–H and O–H groups in total. The highest BCUT2D eigenvalue weighted by atomic mass is 32.1. The van der Waals surface area contributed by atoms with Gasteiger partial charge in [-0.2, -0.15) is 11.3 Å². The molecule has 0 aromatic carbocycles. The summed E-state index contributed by atoms with van der Waals surface area (Å²) in [6.07, 6.45) is 2.07.